The molecule has 1 aromatic heterocycles. The number of rotatable bonds is 2. The van der Waals surface area contributed by atoms with E-state index in [4.69, 9.17) is 4.52 Å². The van der Waals surface area contributed by atoms with Crippen molar-refractivity contribution in [2.45, 2.75) is 39.0 Å². The first kappa shape index (κ1) is 13.6. The van der Waals surface area contributed by atoms with E-state index in [1.807, 2.05) is 18.7 Å². The third-order valence-corrected chi connectivity index (χ3v) is 4.60. The summed E-state index contributed by atoms with van der Waals surface area (Å²) in [5, 5.41) is 7.37. The molecule has 2 aliphatic rings. The van der Waals surface area contributed by atoms with Crippen molar-refractivity contribution in [3.8, 4) is 0 Å². The largest absolute Gasteiger partial charge is 0.360 e. The van der Waals surface area contributed by atoms with E-state index in [0.717, 1.165) is 38.4 Å². The summed E-state index contributed by atoms with van der Waals surface area (Å²) in [5.41, 5.74) is 0.745. The zero-order chi connectivity index (χ0) is 14.2. The third-order valence-electron chi connectivity index (χ3n) is 4.60. The van der Waals surface area contributed by atoms with Crippen LogP contribution in [0.5, 0.6) is 0 Å². The second-order valence-electron chi connectivity index (χ2n) is 6.53. The highest BCUT2D eigenvalue weighted by molar-refractivity contribution is 5.92. The SMILES string of the molecule is CC(C)c1cc(C(=O)N2CCC[C@@]3(CCNC3)C2)no1. The minimum Gasteiger partial charge on any atom is -0.360 e. The molecular formula is C15H23N3O2. The molecule has 1 atom stereocenters. The monoisotopic (exact) mass is 277 g/mol. The third kappa shape index (κ3) is 2.46. The first-order valence-electron chi connectivity index (χ1n) is 7.56. The molecule has 20 heavy (non-hydrogen) atoms. The van der Waals surface area contributed by atoms with Gasteiger partial charge >= 0.3 is 0 Å². The number of nitrogens with one attached hydrogen (secondary N) is 1. The van der Waals surface area contributed by atoms with E-state index in [1.165, 1.54) is 12.8 Å². The number of carbonyl (C=O) groups is 1. The number of amides is 1. The Morgan fingerprint density at radius 3 is 3.00 bits per heavy atom. The fraction of sp³-hybridized carbons (Fsp3) is 0.733. The van der Waals surface area contributed by atoms with Gasteiger partial charge in [-0.3, -0.25) is 4.79 Å². The lowest BCUT2D eigenvalue weighted by molar-refractivity contribution is 0.0543. The number of carbonyl (C=O) groups excluding carboxylic acids is 1. The highest BCUT2D eigenvalue weighted by Crippen LogP contribution is 2.35. The Balaban J connectivity index is 1.72. The lowest BCUT2D eigenvalue weighted by Gasteiger charge is -2.39. The standard InChI is InChI=1S/C15H23N3O2/c1-11(2)13-8-12(17-20-13)14(19)18-7-3-4-15(10-18)5-6-16-9-15/h8,11,16H,3-7,9-10H2,1-2H3/t15-/m0/s1. The molecule has 3 rings (SSSR count). The van der Waals surface area contributed by atoms with Crippen LogP contribution in [0.15, 0.2) is 10.6 Å². The molecule has 110 valence electrons. The van der Waals surface area contributed by atoms with Gasteiger partial charge in [-0.1, -0.05) is 19.0 Å². The Kier molecular flexibility index (Phi) is 3.54. The van der Waals surface area contributed by atoms with Gasteiger partial charge in [0.25, 0.3) is 5.91 Å². The summed E-state index contributed by atoms with van der Waals surface area (Å²) in [7, 11) is 0. The van der Waals surface area contributed by atoms with Crippen LogP contribution < -0.4 is 5.32 Å². The smallest absolute Gasteiger partial charge is 0.276 e. The van der Waals surface area contributed by atoms with Crippen molar-refractivity contribution in [2.75, 3.05) is 26.2 Å². The van der Waals surface area contributed by atoms with Crippen molar-refractivity contribution >= 4 is 5.91 Å². The van der Waals surface area contributed by atoms with Gasteiger partial charge in [-0.15, -0.1) is 0 Å². The average molecular weight is 277 g/mol. The Bertz CT molecular complexity index is 489. The molecule has 5 nitrogen and oxygen atoms in total. The maximum atomic E-state index is 12.6. The fourth-order valence-electron chi connectivity index (χ4n) is 3.35. The van der Waals surface area contributed by atoms with Crippen molar-refractivity contribution in [3.05, 3.63) is 17.5 Å². The van der Waals surface area contributed by atoms with Crippen LogP contribution in [0.4, 0.5) is 0 Å². The van der Waals surface area contributed by atoms with Gasteiger partial charge in [0.1, 0.15) is 5.76 Å². The Hall–Kier alpha value is -1.36. The molecule has 0 unspecified atom stereocenters. The molecule has 1 aromatic rings. The highest BCUT2D eigenvalue weighted by atomic mass is 16.5. The van der Waals surface area contributed by atoms with Crippen LogP contribution in [-0.4, -0.2) is 42.1 Å². The van der Waals surface area contributed by atoms with Gasteiger partial charge in [0.05, 0.1) is 0 Å². The quantitative estimate of drug-likeness (QED) is 0.898. The minimum absolute atomic E-state index is 0.0200. The average Bonchev–Trinajstić information content (AvgIpc) is 3.08. The number of likely N-dealkylation sites (tertiary alicyclic amines) is 1. The number of piperidine rings is 1. The van der Waals surface area contributed by atoms with Gasteiger partial charge in [-0.2, -0.15) is 0 Å². The van der Waals surface area contributed by atoms with Crippen molar-refractivity contribution in [2.24, 2.45) is 5.41 Å². The second-order valence-corrected chi connectivity index (χ2v) is 6.53. The van der Waals surface area contributed by atoms with Crippen LogP contribution in [0.25, 0.3) is 0 Å². The molecule has 0 saturated carbocycles. The summed E-state index contributed by atoms with van der Waals surface area (Å²) < 4.78 is 5.25. The molecule has 0 aliphatic carbocycles. The maximum absolute atomic E-state index is 12.6. The van der Waals surface area contributed by atoms with E-state index < -0.39 is 0 Å². The Morgan fingerprint density at radius 1 is 1.50 bits per heavy atom. The summed E-state index contributed by atoms with van der Waals surface area (Å²) in [5.74, 6) is 1.06. The first-order valence-corrected chi connectivity index (χ1v) is 7.56. The summed E-state index contributed by atoms with van der Waals surface area (Å²) >= 11 is 0. The predicted octanol–water partition coefficient (Wildman–Crippen LogP) is 2.01. The number of hydrogen-bond donors (Lipinski definition) is 1. The fourth-order valence-corrected chi connectivity index (χ4v) is 3.35. The Morgan fingerprint density at radius 2 is 2.35 bits per heavy atom. The van der Waals surface area contributed by atoms with E-state index in [9.17, 15) is 4.79 Å². The molecule has 0 aromatic carbocycles. The van der Waals surface area contributed by atoms with Crippen molar-refractivity contribution < 1.29 is 9.32 Å². The summed E-state index contributed by atoms with van der Waals surface area (Å²) in [4.78, 5) is 14.5. The highest BCUT2D eigenvalue weighted by Gasteiger charge is 2.39. The summed E-state index contributed by atoms with van der Waals surface area (Å²) in [6, 6.07) is 1.79. The van der Waals surface area contributed by atoms with E-state index >= 15 is 0 Å². The molecule has 1 spiro atoms. The minimum atomic E-state index is 0.0200. The zero-order valence-corrected chi connectivity index (χ0v) is 12.3. The van der Waals surface area contributed by atoms with Gasteiger partial charge in [0, 0.05) is 37.0 Å². The molecule has 2 aliphatic heterocycles. The van der Waals surface area contributed by atoms with Gasteiger partial charge in [-0.05, 0) is 25.8 Å². The topological polar surface area (TPSA) is 58.4 Å². The van der Waals surface area contributed by atoms with Gasteiger partial charge in [0.15, 0.2) is 5.69 Å². The number of aromatic nitrogens is 1. The summed E-state index contributed by atoms with van der Waals surface area (Å²) in [6.45, 7) is 7.87. The van der Waals surface area contributed by atoms with E-state index in [2.05, 4.69) is 10.5 Å². The van der Waals surface area contributed by atoms with Crippen LogP contribution in [0, 0.1) is 5.41 Å². The van der Waals surface area contributed by atoms with Crippen LogP contribution in [0.2, 0.25) is 0 Å². The molecule has 1 amide bonds. The number of hydrogen-bond acceptors (Lipinski definition) is 4. The molecule has 3 heterocycles. The van der Waals surface area contributed by atoms with E-state index in [1.54, 1.807) is 6.07 Å². The van der Waals surface area contributed by atoms with Crippen LogP contribution >= 0.6 is 0 Å². The van der Waals surface area contributed by atoms with Gasteiger partial charge < -0.3 is 14.7 Å². The van der Waals surface area contributed by atoms with Crippen LogP contribution in [0.3, 0.4) is 0 Å². The number of nitrogens with zero attached hydrogens (tertiary/aromatic N) is 2. The van der Waals surface area contributed by atoms with Gasteiger partial charge in [-0.25, -0.2) is 0 Å². The maximum Gasteiger partial charge on any atom is 0.276 e. The van der Waals surface area contributed by atoms with E-state index in [-0.39, 0.29) is 11.8 Å². The molecular weight excluding hydrogens is 254 g/mol. The zero-order valence-electron chi connectivity index (χ0n) is 12.3. The molecule has 0 bridgehead atoms. The molecule has 5 heteroatoms. The Labute approximate surface area is 119 Å². The van der Waals surface area contributed by atoms with Gasteiger partial charge in [0.2, 0.25) is 0 Å². The molecule has 1 N–H and O–H groups in total. The second kappa shape index (κ2) is 5.20. The molecule has 0 radical (unpaired) electrons. The normalized spacial score (nSPS) is 26.6. The van der Waals surface area contributed by atoms with Crippen molar-refractivity contribution in [3.63, 3.8) is 0 Å². The van der Waals surface area contributed by atoms with Crippen LogP contribution in [-0.2, 0) is 0 Å². The van der Waals surface area contributed by atoms with Crippen molar-refractivity contribution in [1.82, 2.24) is 15.4 Å². The summed E-state index contributed by atoms with van der Waals surface area (Å²) in [6.07, 6.45) is 3.48. The molecule has 2 saturated heterocycles. The predicted molar refractivity (Wildman–Crippen MR) is 75.6 cm³/mol. The lowest BCUT2D eigenvalue weighted by Crippen LogP contribution is -2.47. The first-order chi connectivity index (χ1) is 9.60. The van der Waals surface area contributed by atoms with Crippen LogP contribution in [0.1, 0.15) is 55.3 Å². The van der Waals surface area contributed by atoms with Crippen molar-refractivity contribution in [1.29, 1.82) is 0 Å². The van der Waals surface area contributed by atoms with E-state index in [0.29, 0.717) is 11.1 Å². The lowest BCUT2D eigenvalue weighted by atomic mass is 9.79. The molecule has 2 fully saturated rings.